The van der Waals surface area contributed by atoms with Gasteiger partial charge in [0.2, 0.25) is 0 Å². The van der Waals surface area contributed by atoms with Gasteiger partial charge in [-0.2, -0.15) is 18.4 Å². The molecule has 1 aliphatic rings. The molecule has 0 saturated carbocycles. The zero-order valence-corrected chi connectivity index (χ0v) is 21.3. The quantitative estimate of drug-likeness (QED) is 0.314. The molecule has 0 atom stereocenters. The van der Waals surface area contributed by atoms with Crippen molar-refractivity contribution in [3.63, 3.8) is 0 Å². The summed E-state index contributed by atoms with van der Waals surface area (Å²) in [7, 11) is -4.53. The number of anilines is 1. The van der Waals surface area contributed by atoms with Crippen LogP contribution < -0.4 is 4.90 Å². The number of nitrogens with zero attached hydrogens (tertiary/aromatic N) is 2. The Bertz CT molecular complexity index is 1230. The van der Waals surface area contributed by atoms with Gasteiger partial charge >= 0.3 is 6.18 Å². The smallest absolute Gasteiger partial charge is 0.394 e. The summed E-state index contributed by atoms with van der Waals surface area (Å²) in [5.74, 6) is -0.667. The highest BCUT2D eigenvalue weighted by Gasteiger charge is 2.41. The number of halogens is 3. The molecule has 1 fully saturated rings. The van der Waals surface area contributed by atoms with Crippen LogP contribution in [-0.4, -0.2) is 71.6 Å². The molecule has 0 radical (unpaired) electrons. The zero-order valence-electron chi connectivity index (χ0n) is 20.5. The van der Waals surface area contributed by atoms with Crippen molar-refractivity contribution in [2.24, 2.45) is 0 Å². The monoisotopic (exact) mass is 540 g/mol. The zero-order chi connectivity index (χ0) is 26.9. The number of rotatable bonds is 12. The van der Waals surface area contributed by atoms with Gasteiger partial charge in [-0.15, -0.1) is 0 Å². The van der Waals surface area contributed by atoms with Crippen molar-refractivity contribution in [3.8, 4) is 6.07 Å². The third-order valence-corrected chi connectivity index (χ3v) is 7.81. The lowest BCUT2D eigenvalue weighted by Crippen LogP contribution is -2.29. The van der Waals surface area contributed by atoms with Gasteiger partial charge in [-0.25, -0.2) is 8.42 Å². The Morgan fingerprint density at radius 3 is 2.27 bits per heavy atom. The Morgan fingerprint density at radius 2 is 1.62 bits per heavy atom. The van der Waals surface area contributed by atoms with Crippen molar-refractivity contribution in [3.05, 3.63) is 46.9 Å². The number of piperidine rings is 1. The molecule has 2 aromatic rings. The Hall–Kier alpha value is -2.65. The summed E-state index contributed by atoms with van der Waals surface area (Å²) in [6, 6.07) is 10.8. The summed E-state index contributed by atoms with van der Waals surface area (Å²) in [5.41, 5.74) is -0.840. The molecule has 3 rings (SSSR count). The van der Waals surface area contributed by atoms with Crippen LogP contribution in [0.3, 0.4) is 0 Å². The number of hydrogen-bond donors (Lipinski definition) is 1. The van der Waals surface area contributed by atoms with Crippen molar-refractivity contribution >= 4 is 31.9 Å². The van der Waals surface area contributed by atoms with Crippen LogP contribution in [-0.2, 0) is 19.3 Å². The topological polar surface area (TPSA) is 99.9 Å². The highest BCUT2D eigenvalue weighted by Crippen LogP contribution is 2.39. The number of ether oxygens (including phenoxy) is 2. The van der Waals surface area contributed by atoms with Gasteiger partial charge in [0.25, 0.3) is 0 Å². The van der Waals surface area contributed by atoms with E-state index in [-0.39, 0.29) is 45.0 Å². The molecule has 0 aromatic heterocycles. The van der Waals surface area contributed by atoms with Crippen molar-refractivity contribution in [2.75, 3.05) is 56.8 Å². The average Bonchev–Trinajstić information content (AvgIpc) is 2.87. The molecular formula is C26H31F3N2O5S. The van der Waals surface area contributed by atoms with E-state index in [1.165, 1.54) is 30.7 Å². The van der Waals surface area contributed by atoms with Crippen LogP contribution in [0.25, 0.3) is 16.3 Å². The SMILES string of the molecule is N#C/C(=C(\c1ccc2cc(N3CCCCC3)ccc2c1)C(F)(F)F)S(=O)(=O)CCCOCCOCCO. The minimum atomic E-state index is -5.06. The predicted molar refractivity (Wildman–Crippen MR) is 136 cm³/mol. The van der Waals surface area contributed by atoms with Crippen LogP contribution >= 0.6 is 0 Å². The largest absolute Gasteiger partial charge is 0.418 e. The normalized spacial score (nSPS) is 15.5. The first kappa shape index (κ1) is 28.9. The molecule has 1 saturated heterocycles. The maximum absolute atomic E-state index is 14.1. The Morgan fingerprint density at radius 1 is 0.973 bits per heavy atom. The van der Waals surface area contributed by atoms with Gasteiger partial charge in [-0.1, -0.05) is 18.2 Å². The molecule has 0 amide bonds. The van der Waals surface area contributed by atoms with Gasteiger partial charge in [0.15, 0.2) is 14.7 Å². The van der Waals surface area contributed by atoms with E-state index < -0.39 is 32.2 Å². The van der Waals surface area contributed by atoms with Gasteiger partial charge in [-0.05, 0) is 60.2 Å². The van der Waals surface area contributed by atoms with Crippen molar-refractivity contribution in [1.82, 2.24) is 0 Å². The summed E-state index contributed by atoms with van der Waals surface area (Å²) < 4.78 is 78.2. The maximum atomic E-state index is 14.1. The molecule has 0 spiro atoms. The summed E-state index contributed by atoms with van der Waals surface area (Å²) in [5, 5.41) is 19.4. The number of sulfone groups is 1. The third kappa shape index (κ3) is 7.92. The summed E-state index contributed by atoms with van der Waals surface area (Å²) in [6.07, 6.45) is -1.78. The second-order valence-electron chi connectivity index (χ2n) is 8.73. The van der Waals surface area contributed by atoms with Crippen LogP contribution in [0.2, 0.25) is 0 Å². The van der Waals surface area contributed by atoms with Crippen LogP contribution in [0, 0.1) is 11.3 Å². The molecule has 2 aromatic carbocycles. The number of aliphatic hydroxyl groups excluding tert-OH is 1. The number of nitriles is 1. The second kappa shape index (κ2) is 13.2. The molecule has 7 nitrogen and oxygen atoms in total. The molecule has 1 N–H and O–H groups in total. The molecule has 202 valence electrons. The number of allylic oxidation sites excluding steroid dienone is 2. The molecule has 37 heavy (non-hydrogen) atoms. The number of alkyl halides is 3. The van der Waals surface area contributed by atoms with Crippen molar-refractivity contribution < 1.29 is 36.2 Å². The number of aliphatic hydroxyl groups is 1. The van der Waals surface area contributed by atoms with Crippen molar-refractivity contribution in [1.29, 1.82) is 5.26 Å². The van der Waals surface area contributed by atoms with E-state index in [1.54, 1.807) is 6.07 Å². The molecule has 11 heteroatoms. The molecule has 1 heterocycles. The lowest BCUT2D eigenvalue weighted by Gasteiger charge is -2.29. The van der Waals surface area contributed by atoms with Crippen LogP contribution in [0.1, 0.15) is 31.2 Å². The Kier molecular flexibility index (Phi) is 10.3. The van der Waals surface area contributed by atoms with Gasteiger partial charge in [-0.3, -0.25) is 0 Å². The number of benzene rings is 2. The second-order valence-corrected chi connectivity index (χ2v) is 10.8. The lowest BCUT2D eigenvalue weighted by atomic mass is 9.99. The minimum Gasteiger partial charge on any atom is -0.394 e. The van der Waals surface area contributed by atoms with Crippen molar-refractivity contribution in [2.45, 2.75) is 31.9 Å². The van der Waals surface area contributed by atoms with Gasteiger partial charge in [0.05, 0.1) is 37.8 Å². The fourth-order valence-corrected chi connectivity index (χ4v) is 5.67. The molecule has 0 aliphatic carbocycles. The highest BCUT2D eigenvalue weighted by atomic mass is 32.2. The van der Waals surface area contributed by atoms with E-state index in [0.29, 0.717) is 5.39 Å². The van der Waals surface area contributed by atoms with E-state index in [1.807, 2.05) is 12.1 Å². The molecule has 1 aliphatic heterocycles. The number of hydrogen-bond acceptors (Lipinski definition) is 7. The van der Waals surface area contributed by atoms with Crippen LogP contribution in [0.4, 0.5) is 18.9 Å². The lowest BCUT2D eigenvalue weighted by molar-refractivity contribution is -0.0690. The predicted octanol–water partition coefficient (Wildman–Crippen LogP) is 4.46. The average molecular weight is 541 g/mol. The fourth-order valence-electron chi connectivity index (χ4n) is 4.28. The van der Waals surface area contributed by atoms with Crippen LogP contribution in [0.15, 0.2) is 41.3 Å². The Labute approximate surface area is 215 Å². The third-order valence-electron chi connectivity index (χ3n) is 6.07. The van der Waals surface area contributed by atoms with Gasteiger partial charge in [0, 0.05) is 25.4 Å². The van der Waals surface area contributed by atoms with Crippen LogP contribution in [0.5, 0.6) is 0 Å². The van der Waals surface area contributed by atoms with E-state index in [9.17, 15) is 26.9 Å². The summed E-state index contributed by atoms with van der Waals surface area (Å²) in [6.45, 7) is 2.16. The first-order valence-corrected chi connectivity index (χ1v) is 13.8. The maximum Gasteiger partial charge on any atom is 0.418 e. The highest BCUT2D eigenvalue weighted by molar-refractivity contribution is 7.95. The summed E-state index contributed by atoms with van der Waals surface area (Å²) in [4.78, 5) is 0.944. The first-order valence-electron chi connectivity index (χ1n) is 12.2. The standard InChI is InChI=1S/C26H31F3N2O5S/c27-26(28,29)25(24(19-30)37(33,34)16-4-12-35-14-15-36-13-11-32)22-6-5-21-18-23(8-7-20(21)17-22)31-9-2-1-3-10-31/h5-8,17-18,32H,1-4,9-16H2/b25-24-. The van der Waals surface area contributed by atoms with E-state index >= 15 is 0 Å². The van der Waals surface area contributed by atoms with E-state index in [4.69, 9.17) is 14.6 Å². The summed E-state index contributed by atoms with van der Waals surface area (Å²) >= 11 is 0. The van der Waals surface area contributed by atoms with E-state index in [2.05, 4.69) is 4.90 Å². The van der Waals surface area contributed by atoms with E-state index in [0.717, 1.165) is 37.0 Å². The molecular weight excluding hydrogens is 509 g/mol. The molecule has 0 unspecified atom stereocenters. The minimum absolute atomic E-state index is 0.0307. The Balaban J connectivity index is 1.83. The van der Waals surface area contributed by atoms with Gasteiger partial charge in [0.1, 0.15) is 6.07 Å². The molecule has 0 bridgehead atoms. The number of fused-ring (bicyclic) bond motifs is 1. The first-order chi connectivity index (χ1) is 17.7. The van der Waals surface area contributed by atoms with Gasteiger partial charge < -0.3 is 19.5 Å². The fraction of sp³-hybridized carbons (Fsp3) is 0.500.